The predicted octanol–water partition coefficient (Wildman–Crippen LogP) is 0.720. The second-order valence-corrected chi connectivity index (χ2v) is 6.03. The highest BCUT2D eigenvalue weighted by molar-refractivity contribution is 14.0. The first-order chi connectivity index (χ1) is 13.1. The molecule has 2 rings (SSSR count). The van der Waals surface area contributed by atoms with Gasteiger partial charge in [0.2, 0.25) is 5.91 Å². The van der Waals surface area contributed by atoms with Gasteiger partial charge in [0.05, 0.1) is 6.54 Å². The summed E-state index contributed by atoms with van der Waals surface area (Å²) in [5, 5.41) is 14.2. The molecule has 0 aliphatic rings. The minimum atomic E-state index is 0. The lowest BCUT2D eigenvalue weighted by atomic mass is 10.2. The highest BCUT2D eigenvalue weighted by atomic mass is 127. The van der Waals surface area contributed by atoms with Crippen molar-refractivity contribution >= 4 is 35.8 Å². The third-order valence-electron chi connectivity index (χ3n) is 4.14. The van der Waals surface area contributed by atoms with Crippen LogP contribution in [0.5, 0.6) is 0 Å². The molecular formula is C18H29IN8O. The average Bonchev–Trinajstić information content (AvgIpc) is 3.16. The molecule has 2 heterocycles. The molecule has 154 valence electrons. The molecule has 0 bridgehead atoms. The van der Waals surface area contributed by atoms with Crippen molar-refractivity contribution in [2.24, 2.45) is 4.99 Å². The molecule has 28 heavy (non-hydrogen) atoms. The number of halogens is 1. The van der Waals surface area contributed by atoms with Crippen LogP contribution in [0.25, 0.3) is 0 Å². The van der Waals surface area contributed by atoms with Crippen LogP contribution >= 0.6 is 24.0 Å². The molecule has 2 aromatic heterocycles. The third-order valence-corrected chi connectivity index (χ3v) is 4.14. The SMILES string of the molecule is CCc1nncn1CCNC(=NC)NCC(=O)N(C)CCc1ccccn1.I. The summed E-state index contributed by atoms with van der Waals surface area (Å²) < 4.78 is 2.00. The number of likely N-dealkylation sites (N-methyl/N-ethyl adjacent to an activating group) is 1. The maximum Gasteiger partial charge on any atom is 0.241 e. The minimum Gasteiger partial charge on any atom is -0.355 e. The lowest BCUT2D eigenvalue weighted by Crippen LogP contribution is -2.44. The summed E-state index contributed by atoms with van der Waals surface area (Å²) >= 11 is 0. The Labute approximate surface area is 183 Å². The zero-order chi connectivity index (χ0) is 19.5. The van der Waals surface area contributed by atoms with E-state index in [1.54, 1.807) is 31.5 Å². The number of guanidine groups is 1. The van der Waals surface area contributed by atoms with Gasteiger partial charge in [-0.1, -0.05) is 13.0 Å². The zero-order valence-electron chi connectivity index (χ0n) is 16.6. The van der Waals surface area contributed by atoms with Gasteiger partial charge in [-0.25, -0.2) is 0 Å². The number of aromatic nitrogens is 4. The molecule has 0 atom stereocenters. The quantitative estimate of drug-likeness (QED) is 0.299. The number of aryl methyl sites for hydroxylation is 1. The highest BCUT2D eigenvalue weighted by Crippen LogP contribution is 1.97. The summed E-state index contributed by atoms with van der Waals surface area (Å²) in [6.07, 6.45) is 5.05. The fraction of sp³-hybridized carbons (Fsp3) is 0.500. The Balaban J connectivity index is 0.00000392. The number of hydrogen-bond donors (Lipinski definition) is 2. The van der Waals surface area contributed by atoms with Crippen molar-refractivity contribution in [1.82, 2.24) is 35.3 Å². The Morgan fingerprint density at radius 2 is 2.14 bits per heavy atom. The zero-order valence-corrected chi connectivity index (χ0v) is 19.0. The van der Waals surface area contributed by atoms with E-state index >= 15 is 0 Å². The monoisotopic (exact) mass is 500 g/mol. The van der Waals surface area contributed by atoms with Crippen LogP contribution in [-0.2, 0) is 24.2 Å². The van der Waals surface area contributed by atoms with Gasteiger partial charge in [-0.05, 0) is 12.1 Å². The van der Waals surface area contributed by atoms with Gasteiger partial charge >= 0.3 is 0 Å². The van der Waals surface area contributed by atoms with E-state index < -0.39 is 0 Å². The Morgan fingerprint density at radius 1 is 1.32 bits per heavy atom. The van der Waals surface area contributed by atoms with E-state index in [1.165, 1.54) is 0 Å². The highest BCUT2D eigenvalue weighted by Gasteiger charge is 2.10. The van der Waals surface area contributed by atoms with Gasteiger partial charge in [-0.3, -0.25) is 14.8 Å². The number of carbonyl (C=O) groups is 1. The standard InChI is InChI=1S/C18H28N8O.HI/c1-4-16-24-23-14-26(16)12-10-21-18(19-2)22-13-17(27)25(3)11-8-15-7-5-6-9-20-15;/h5-7,9,14H,4,8,10-13H2,1-3H3,(H2,19,21,22);1H. The summed E-state index contributed by atoms with van der Waals surface area (Å²) in [4.78, 5) is 22.4. The second-order valence-electron chi connectivity index (χ2n) is 6.03. The maximum absolute atomic E-state index is 12.3. The molecule has 0 fully saturated rings. The first-order valence-corrected chi connectivity index (χ1v) is 9.09. The van der Waals surface area contributed by atoms with Crippen LogP contribution in [0.3, 0.4) is 0 Å². The minimum absolute atomic E-state index is 0. The molecule has 0 aliphatic heterocycles. The fourth-order valence-corrected chi connectivity index (χ4v) is 2.50. The van der Waals surface area contributed by atoms with Gasteiger partial charge in [0, 0.05) is 58.5 Å². The molecule has 0 radical (unpaired) electrons. The van der Waals surface area contributed by atoms with Crippen molar-refractivity contribution in [1.29, 1.82) is 0 Å². The van der Waals surface area contributed by atoms with E-state index in [-0.39, 0.29) is 36.4 Å². The van der Waals surface area contributed by atoms with E-state index in [9.17, 15) is 4.79 Å². The lowest BCUT2D eigenvalue weighted by Gasteiger charge is -2.18. The lowest BCUT2D eigenvalue weighted by molar-refractivity contribution is -0.128. The number of amides is 1. The van der Waals surface area contributed by atoms with Crippen LogP contribution in [0, 0.1) is 0 Å². The number of hydrogen-bond acceptors (Lipinski definition) is 5. The van der Waals surface area contributed by atoms with E-state index in [2.05, 4.69) is 30.8 Å². The van der Waals surface area contributed by atoms with Crippen LogP contribution in [0.1, 0.15) is 18.4 Å². The molecule has 0 saturated heterocycles. The van der Waals surface area contributed by atoms with Crippen molar-refractivity contribution in [2.75, 3.05) is 33.7 Å². The first-order valence-electron chi connectivity index (χ1n) is 9.09. The van der Waals surface area contributed by atoms with Crippen LogP contribution < -0.4 is 10.6 Å². The van der Waals surface area contributed by atoms with Crippen molar-refractivity contribution in [2.45, 2.75) is 26.3 Å². The molecule has 2 N–H and O–H groups in total. The fourth-order valence-electron chi connectivity index (χ4n) is 2.50. The predicted molar refractivity (Wildman–Crippen MR) is 120 cm³/mol. The number of pyridine rings is 1. The van der Waals surface area contributed by atoms with E-state index in [0.717, 1.165) is 30.9 Å². The van der Waals surface area contributed by atoms with Gasteiger partial charge in [-0.2, -0.15) is 0 Å². The first kappa shape index (κ1) is 23.8. The smallest absolute Gasteiger partial charge is 0.241 e. The molecule has 9 nitrogen and oxygen atoms in total. The number of rotatable bonds is 9. The molecule has 0 saturated carbocycles. The van der Waals surface area contributed by atoms with E-state index in [0.29, 0.717) is 19.0 Å². The summed E-state index contributed by atoms with van der Waals surface area (Å²) in [6, 6.07) is 5.79. The number of nitrogens with zero attached hydrogens (tertiary/aromatic N) is 6. The normalized spacial score (nSPS) is 10.9. The topological polar surface area (TPSA) is 100 Å². The second kappa shape index (κ2) is 13.0. The van der Waals surface area contributed by atoms with Crippen LogP contribution in [0.4, 0.5) is 0 Å². The maximum atomic E-state index is 12.3. The van der Waals surface area contributed by atoms with Crippen LogP contribution in [-0.4, -0.2) is 70.2 Å². The molecule has 0 aliphatic carbocycles. The Kier molecular flexibility index (Phi) is 11.1. The number of nitrogens with one attached hydrogen (secondary N) is 2. The third kappa shape index (κ3) is 7.79. The van der Waals surface area contributed by atoms with Crippen molar-refractivity contribution in [3.63, 3.8) is 0 Å². The van der Waals surface area contributed by atoms with Gasteiger partial charge in [0.25, 0.3) is 0 Å². The molecule has 2 aromatic rings. The van der Waals surface area contributed by atoms with Gasteiger partial charge < -0.3 is 20.1 Å². The summed E-state index contributed by atoms with van der Waals surface area (Å²) in [7, 11) is 3.47. The van der Waals surface area contributed by atoms with Gasteiger partial charge in [0.15, 0.2) is 5.96 Å². The van der Waals surface area contributed by atoms with E-state index in [4.69, 9.17) is 0 Å². The molecular weight excluding hydrogens is 471 g/mol. The Hall–Kier alpha value is -2.24. The molecule has 10 heteroatoms. The number of aliphatic imine (C=N–C) groups is 1. The van der Waals surface area contributed by atoms with Gasteiger partial charge in [-0.15, -0.1) is 34.2 Å². The van der Waals surface area contributed by atoms with Crippen molar-refractivity contribution in [3.8, 4) is 0 Å². The van der Waals surface area contributed by atoms with E-state index in [1.807, 2.05) is 29.7 Å². The summed E-state index contributed by atoms with van der Waals surface area (Å²) in [5.41, 5.74) is 0.975. The Bertz CT molecular complexity index is 734. The largest absolute Gasteiger partial charge is 0.355 e. The van der Waals surface area contributed by atoms with Crippen LogP contribution in [0.2, 0.25) is 0 Å². The molecule has 0 unspecified atom stereocenters. The van der Waals surface area contributed by atoms with Crippen LogP contribution in [0.15, 0.2) is 35.7 Å². The Morgan fingerprint density at radius 3 is 2.82 bits per heavy atom. The van der Waals surface area contributed by atoms with Gasteiger partial charge in [0.1, 0.15) is 12.2 Å². The average molecular weight is 500 g/mol. The molecule has 1 amide bonds. The number of carbonyl (C=O) groups excluding carboxylic acids is 1. The molecule has 0 aromatic carbocycles. The van der Waals surface area contributed by atoms with Crippen molar-refractivity contribution < 1.29 is 4.79 Å². The summed E-state index contributed by atoms with van der Waals surface area (Å²) in [6.45, 7) is 4.25. The summed E-state index contributed by atoms with van der Waals surface area (Å²) in [5.74, 6) is 1.54. The van der Waals surface area contributed by atoms with Crippen molar-refractivity contribution in [3.05, 3.63) is 42.2 Å². The molecule has 0 spiro atoms.